The van der Waals surface area contributed by atoms with Crippen molar-refractivity contribution in [2.24, 2.45) is 0 Å². The van der Waals surface area contributed by atoms with Crippen molar-refractivity contribution < 1.29 is 13.6 Å². The summed E-state index contributed by atoms with van der Waals surface area (Å²) in [6.45, 7) is 7.06. The van der Waals surface area contributed by atoms with Gasteiger partial charge < -0.3 is 14.4 Å². The predicted octanol–water partition coefficient (Wildman–Crippen LogP) is 6.30. The molecule has 1 amide bonds. The quantitative estimate of drug-likeness (QED) is 0.112. The van der Waals surface area contributed by atoms with Gasteiger partial charge in [-0.05, 0) is 54.2 Å². The van der Waals surface area contributed by atoms with E-state index in [4.69, 9.17) is 0 Å². The molecule has 0 radical (unpaired) electrons. The maximum absolute atomic E-state index is 13.9. The van der Waals surface area contributed by atoms with Crippen LogP contribution < -0.4 is 5.56 Å². The van der Waals surface area contributed by atoms with Crippen LogP contribution in [0.5, 0.6) is 0 Å². The molecule has 0 unspecified atom stereocenters. The number of amides is 1. The number of alkyl halides is 1. The summed E-state index contributed by atoms with van der Waals surface area (Å²) in [5.74, 6) is 0.0504. The van der Waals surface area contributed by atoms with Crippen LogP contribution in [-0.2, 0) is 30.3 Å². The second-order valence-corrected chi connectivity index (χ2v) is 12.0. The fourth-order valence-electron chi connectivity index (χ4n) is 4.57. The number of carbonyl (C=O) groups is 1. The van der Waals surface area contributed by atoms with Gasteiger partial charge in [-0.1, -0.05) is 68.1 Å². The van der Waals surface area contributed by atoms with E-state index in [0.717, 1.165) is 42.0 Å². The number of hydrogen-bond acceptors (Lipinski definition) is 7. The van der Waals surface area contributed by atoms with Crippen molar-refractivity contribution in [1.29, 1.82) is 0 Å². The average Bonchev–Trinajstić information content (AvgIpc) is 3.05. The summed E-state index contributed by atoms with van der Waals surface area (Å²) in [5, 5.41) is 0.430. The van der Waals surface area contributed by atoms with Gasteiger partial charge in [0.15, 0.2) is 5.16 Å². The van der Waals surface area contributed by atoms with Gasteiger partial charge in [-0.2, -0.15) is 4.98 Å². The van der Waals surface area contributed by atoms with E-state index in [0.29, 0.717) is 34.5 Å². The first-order valence-corrected chi connectivity index (χ1v) is 16.7. The fourth-order valence-corrected chi connectivity index (χ4v) is 5.94. The molecule has 0 spiro atoms. The molecule has 7 nitrogen and oxygen atoms in total. The van der Waals surface area contributed by atoms with Crippen LogP contribution in [0, 0.1) is 5.82 Å². The van der Waals surface area contributed by atoms with Crippen LogP contribution in [0.4, 0.5) is 8.78 Å². The largest absolute Gasteiger partial charge is 0.335 e. The zero-order valence-electron chi connectivity index (χ0n) is 25.2. The Morgan fingerprint density at radius 1 is 0.932 bits per heavy atom. The number of pyridine rings is 1. The minimum atomic E-state index is -0.508. The topological polar surface area (TPSA) is 71.3 Å². The van der Waals surface area contributed by atoms with E-state index >= 15 is 0 Å². The summed E-state index contributed by atoms with van der Waals surface area (Å²) in [7, 11) is 0. The number of benzene rings is 2. The molecule has 0 atom stereocenters. The van der Waals surface area contributed by atoms with Gasteiger partial charge in [0.05, 0.1) is 10.6 Å². The Kier molecular flexibility index (Phi) is 12.5. The number of thioether (sulfide) groups is 2. The third kappa shape index (κ3) is 9.23. The summed E-state index contributed by atoms with van der Waals surface area (Å²) in [5.41, 5.74) is 3.71. The van der Waals surface area contributed by atoms with E-state index in [9.17, 15) is 18.4 Å². The van der Waals surface area contributed by atoms with Crippen LogP contribution in [0.15, 0.2) is 87.9 Å². The minimum Gasteiger partial charge on any atom is -0.335 e. The van der Waals surface area contributed by atoms with Crippen molar-refractivity contribution in [1.82, 2.24) is 24.3 Å². The molecule has 44 heavy (non-hydrogen) atoms. The lowest BCUT2D eigenvalue weighted by Crippen LogP contribution is -2.40. The van der Waals surface area contributed by atoms with Crippen molar-refractivity contribution in [3.05, 3.63) is 106 Å². The summed E-state index contributed by atoms with van der Waals surface area (Å²) in [4.78, 5) is 39.9. The van der Waals surface area contributed by atoms with E-state index in [1.807, 2.05) is 29.2 Å². The molecular weight excluding hydrogens is 601 g/mol. The molecule has 0 aliphatic heterocycles. The van der Waals surface area contributed by atoms with Gasteiger partial charge in [-0.3, -0.25) is 14.6 Å². The highest BCUT2D eigenvalue weighted by Gasteiger charge is 2.19. The Balaban J connectivity index is 1.55. The number of aromatic nitrogens is 3. The molecule has 0 aliphatic rings. The fraction of sp³-hybridized carbons (Fsp3) is 0.333. The number of halogens is 2. The van der Waals surface area contributed by atoms with E-state index in [1.165, 1.54) is 35.7 Å². The standard InChI is InChI=1S/C33H37F2N5O2S2/c1-4-38(5-2)16-17-39(20-26-10-15-29(36-19-26)27-11-6-24(18-34)7-12-27)31(41)22-40-21-30(43-3)32(42)37-33(40)44-23-25-8-13-28(35)14-9-25/h6-15,19,21H,4-5,16-18,20,22-23H2,1-3H3. The Bertz CT molecular complexity index is 1560. The Morgan fingerprint density at radius 3 is 2.23 bits per heavy atom. The number of likely N-dealkylation sites (N-methyl/N-ethyl adjacent to an activating group) is 1. The monoisotopic (exact) mass is 637 g/mol. The van der Waals surface area contributed by atoms with Gasteiger partial charge in [-0.15, -0.1) is 11.8 Å². The zero-order valence-corrected chi connectivity index (χ0v) is 26.8. The first-order chi connectivity index (χ1) is 21.3. The number of rotatable bonds is 15. The lowest BCUT2D eigenvalue weighted by molar-refractivity contribution is -0.132. The van der Waals surface area contributed by atoms with Crippen LogP contribution in [0.1, 0.15) is 30.5 Å². The smallest absolute Gasteiger partial charge is 0.287 e. The molecule has 0 bridgehead atoms. The highest BCUT2D eigenvalue weighted by Crippen LogP contribution is 2.23. The van der Waals surface area contributed by atoms with Gasteiger partial charge in [0, 0.05) is 43.3 Å². The van der Waals surface area contributed by atoms with Crippen molar-refractivity contribution in [3.8, 4) is 11.3 Å². The number of carbonyl (C=O) groups excluding carboxylic acids is 1. The second kappa shape index (κ2) is 16.5. The lowest BCUT2D eigenvalue weighted by Gasteiger charge is -2.27. The number of nitrogens with zero attached hydrogens (tertiary/aromatic N) is 5. The third-order valence-corrected chi connectivity index (χ3v) is 9.05. The highest BCUT2D eigenvalue weighted by molar-refractivity contribution is 7.98. The molecule has 0 fully saturated rings. The molecule has 2 aromatic heterocycles. The van der Waals surface area contributed by atoms with Crippen LogP contribution in [0.25, 0.3) is 11.3 Å². The van der Waals surface area contributed by atoms with Crippen LogP contribution in [0.2, 0.25) is 0 Å². The lowest BCUT2D eigenvalue weighted by atomic mass is 10.1. The van der Waals surface area contributed by atoms with Crippen molar-refractivity contribution in [3.63, 3.8) is 0 Å². The van der Waals surface area contributed by atoms with E-state index < -0.39 is 6.67 Å². The zero-order chi connectivity index (χ0) is 31.5. The van der Waals surface area contributed by atoms with Crippen molar-refractivity contribution >= 4 is 29.4 Å². The SMILES string of the molecule is CCN(CC)CCN(Cc1ccc(-c2ccc(CF)cc2)nc1)C(=O)Cn1cc(SC)c(=O)nc1SCc1ccc(F)cc1. The molecular formula is C33H37F2N5O2S2. The van der Waals surface area contributed by atoms with E-state index in [-0.39, 0.29) is 23.8 Å². The molecule has 2 aromatic carbocycles. The van der Waals surface area contributed by atoms with Gasteiger partial charge >= 0.3 is 0 Å². The highest BCUT2D eigenvalue weighted by atomic mass is 32.2. The first-order valence-electron chi connectivity index (χ1n) is 14.5. The molecule has 0 saturated heterocycles. The minimum absolute atomic E-state index is 0.0112. The maximum Gasteiger partial charge on any atom is 0.287 e. The van der Waals surface area contributed by atoms with Crippen LogP contribution in [-0.4, -0.2) is 62.7 Å². The van der Waals surface area contributed by atoms with Crippen molar-refractivity contribution in [2.75, 3.05) is 32.4 Å². The van der Waals surface area contributed by atoms with Crippen LogP contribution >= 0.6 is 23.5 Å². The Morgan fingerprint density at radius 2 is 1.61 bits per heavy atom. The van der Waals surface area contributed by atoms with Gasteiger partial charge in [-0.25, -0.2) is 8.78 Å². The average molecular weight is 638 g/mol. The Hall–Kier alpha value is -3.54. The summed E-state index contributed by atoms with van der Waals surface area (Å²) < 4.78 is 28.0. The normalized spacial score (nSPS) is 11.2. The molecule has 2 heterocycles. The molecule has 232 valence electrons. The molecule has 4 rings (SSSR count). The third-order valence-electron chi connectivity index (χ3n) is 7.27. The molecule has 11 heteroatoms. The molecule has 0 saturated carbocycles. The molecule has 0 N–H and O–H groups in total. The van der Waals surface area contributed by atoms with Gasteiger partial charge in [0.25, 0.3) is 5.56 Å². The molecule has 4 aromatic rings. The summed E-state index contributed by atoms with van der Waals surface area (Å²) >= 11 is 2.62. The van der Waals surface area contributed by atoms with E-state index in [1.54, 1.807) is 47.5 Å². The maximum atomic E-state index is 13.9. The van der Waals surface area contributed by atoms with Crippen molar-refractivity contribution in [2.45, 2.75) is 49.4 Å². The summed E-state index contributed by atoms with van der Waals surface area (Å²) in [6, 6.07) is 17.3. The number of hydrogen-bond donors (Lipinski definition) is 0. The van der Waals surface area contributed by atoms with Crippen LogP contribution in [0.3, 0.4) is 0 Å². The summed E-state index contributed by atoms with van der Waals surface area (Å²) in [6.07, 6.45) is 5.27. The second-order valence-electron chi connectivity index (χ2n) is 10.2. The first kappa shape index (κ1) is 33.4. The predicted molar refractivity (Wildman–Crippen MR) is 174 cm³/mol. The molecule has 0 aliphatic carbocycles. The van der Waals surface area contributed by atoms with E-state index in [2.05, 4.69) is 28.7 Å². The van der Waals surface area contributed by atoms with Gasteiger partial charge in [0.2, 0.25) is 5.91 Å². The van der Waals surface area contributed by atoms with Gasteiger partial charge in [0.1, 0.15) is 19.0 Å². The Labute approximate surface area is 265 Å².